The molecule has 0 fully saturated rings. The zero-order valence-corrected chi connectivity index (χ0v) is 21.5. The number of nitrogens with one attached hydrogen (secondary N) is 2. The number of rotatable bonds is 10. The SMILES string of the molecule is CCNC(=NCCN(C)S(=O)(=O)c1cccs1)Nc1ccc(OC)c(OCC)c1.I. The molecule has 0 aliphatic rings. The average Bonchev–Trinajstić information content (AvgIpc) is 3.24. The second-order valence-corrected chi connectivity index (χ2v) is 9.16. The summed E-state index contributed by atoms with van der Waals surface area (Å²) in [5, 5.41) is 8.11. The molecular formula is C19H29IN4O4S2. The lowest BCUT2D eigenvalue weighted by Gasteiger charge is -2.16. The van der Waals surface area contributed by atoms with Gasteiger partial charge in [-0.2, -0.15) is 4.31 Å². The average molecular weight is 569 g/mol. The lowest BCUT2D eigenvalue weighted by Crippen LogP contribution is -2.33. The van der Waals surface area contributed by atoms with Gasteiger partial charge in [0.25, 0.3) is 10.0 Å². The molecule has 0 saturated heterocycles. The number of aliphatic imine (C=N–C) groups is 1. The van der Waals surface area contributed by atoms with Gasteiger partial charge in [-0.05, 0) is 37.4 Å². The minimum absolute atomic E-state index is 0. The number of likely N-dealkylation sites (N-methyl/N-ethyl adjacent to an activating group) is 1. The van der Waals surface area contributed by atoms with E-state index in [1.165, 1.54) is 15.6 Å². The maximum Gasteiger partial charge on any atom is 0.252 e. The molecule has 0 aliphatic heterocycles. The Morgan fingerprint density at radius 2 is 2.00 bits per heavy atom. The Kier molecular flexibility index (Phi) is 11.4. The Balaban J connectivity index is 0.00000450. The molecule has 11 heteroatoms. The molecule has 0 bridgehead atoms. The summed E-state index contributed by atoms with van der Waals surface area (Å²) in [7, 11) is -0.320. The molecule has 0 unspecified atom stereocenters. The zero-order chi connectivity index (χ0) is 21.3. The number of anilines is 1. The van der Waals surface area contributed by atoms with Crippen LogP contribution in [0.3, 0.4) is 0 Å². The molecule has 0 atom stereocenters. The number of methoxy groups -OCH3 is 1. The molecule has 30 heavy (non-hydrogen) atoms. The first-order valence-electron chi connectivity index (χ1n) is 9.28. The molecule has 2 rings (SSSR count). The van der Waals surface area contributed by atoms with Gasteiger partial charge in [0.15, 0.2) is 17.5 Å². The van der Waals surface area contributed by atoms with Crippen molar-refractivity contribution in [3.63, 3.8) is 0 Å². The van der Waals surface area contributed by atoms with Crippen LogP contribution in [0.5, 0.6) is 11.5 Å². The maximum absolute atomic E-state index is 12.5. The predicted molar refractivity (Wildman–Crippen MR) is 133 cm³/mol. The van der Waals surface area contributed by atoms with Gasteiger partial charge >= 0.3 is 0 Å². The van der Waals surface area contributed by atoms with Gasteiger partial charge in [0.05, 0.1) is 20.3 Å². The van der Waals surface area contributed by atoms with E-state index in [1.54, 1.807) is 31.7 Å². The van der Waals surface area contributed by atoms with E-state index in [9.17, 15) is 8.42 Å². The largest absolute Gasteiger partial charge is 0.493 e. The third-order valence-electron chi connectivity index (χ3n) is 3.91. The van der Waals surface area contributed by atoms with Gasteiger partial charge in [0, 0.05) is 31.9 Å². The lowest BCUT2D eigenvalue weighted by atomic mass is 10.2. The standard InChI is InChI=1S/C19H28N4O4S2.HI/c1-5-20-19(22-15-9-10-16(26-4)17(14-15)27-6-2)21-11-12-23(3)29(24,25)18-8-7-13-28-18;/h7-10,13-14H,5-6,11-12H2,1-4H3,(H2,20,21,22);1H. The fourth-order valence-electron chi connectivity index (χ4n) is 2.45. The van der Waals surface area contributed by atoms with Crippen LogP contribution < -0.4 is 20.1 Å². The summed E-state index contributed by atoms with van der Waals surface area (Å²) in [6.45, 7) is 5.65. The minimum atomic E-state index is -3.47. The van der Waals surface area contributed by atoms with Crippen LogP contribution in [0.15, 0.2) is 44.9 Å². The Morgan fingerprint density at radius 3 is 2.60 bits per heavy atom. The van der Waals surface area contributed by atoms with E-state index >= 15 is 0 Å². The van der Waals surface area contributed by atoms with Crippen LogP contribution in [-0.2, 0) is 10.0 Å². The van der Waals surface area contributed by atoms with Gasteiger partial charge in [0.2, 0.25) is 0 Å². The van der Waals surface area contributed by atoms with E-state index in [4.69, 9.17) is 9.47 Å². The van der Waals surface area contributed by atoms with E-state index < -0.39 is 10.0 Å². The van der Waals surface area contributed by atoms with Crippen LogP contribution in [0.25, 0.3) is 0 Å². The van der Waals surface area contributed by atoms with E-state index in [-0.39, 0.29) is 30.5 Å². The fourth-order valence-corrected chi connectivity index (χ4v) is 4.82. The molecule has 1 aromatic heterocycles. The van der Waals surface area contributed by atoms with Crippen molar-refractivity contribution in [1.29, 1.82) is 0 Å². The highest BCUT2D eigenvalue weighted by molar-refractivity contribution is 14.0. The first-order chi connectivity index (χ1) is 13.9. The second-order valence-electron chi connectivity index (χ2n) is 5.94. The summed E-state index contributed by atoms with van der Waals surface area (Å²) in [6, 6.07) is 8.84. The highest BCUT2D eigenvalue weighted by Gasteiger charge is 2.21. The molecule has 168 valence electrons. The van der Waals surface area contributed by atoms with Crippen molar-refractivity contribution in [3.8, 4) is 11.5 Å². The molecule has 0 amide bonds. The second kappa shape index (κ2) is 13.0. The van der Waals surface area contributed by atoms with Crippen molar-refractivity contribution >= 4 is 57.0 Å². The Morgan fingerprint density at radius 1 is 1.23 bits per heavy atom. The van der Waals surface area contributed by atoms with Crippen LogP contribution in [-0.4, -0.2) is 59.1 Å². The van der Waals surface area contributed by atoms with Gasteiger partial charge < -0.3 is 20.1 Å². The fraction of sp³-hybridized carbons (Fsp3) is 0.421. The van der Waals surface area contributed by atoms with Gasteiger partial charge in [-0.3, -0.25) is 4.99 Å². The molecule has 0 spiro atoms. The number of nitrogens with zero attached hydrogens (tertiary/aromatic N) is 2. The number of ether oxygens (including phenoxy) is 2. The number of hydrogen-bond acceptors (Lipinski definition) is 6. The van der Waals surface area contributed by atoms with Crippen LogP contribution in [0.2, 0.25) is 0 Å². The first-order valence-corrected chi connectivity index (χ1v) is 11.6. The molecule has 0 radical (unpaired) electrons. The number of hydrogen-bond donors (Lipinski definition) is 2. The number of benzene rings is 1. The van der Waals surface area contributed by atoms with Gasteiger partial charge in [-0.15, -0.1) is 35.3 Å². The number of sulfonamides is 1. The summed E-state index contributed by atoms with van der Waals surface area (Å²) in [5.74, 6) is 1.85. The van der Waals surface area contributed by atoms with E-state index in [1.807, 2.05) is 32.0 Å². The molecule has 8 nitrogen and oxygen atoms in total. The van der Waals surface area contributed by atoms with Gasteiger partial charge in [0.1, 0.15) is 4.21 Å². The minimum Gasteiger partial charge on any atom is -0.493 e. The molecule has 0 saturated carbocycles. The summed E-state index contributed by atoms with van der Waals surface area (Å²) in [6.07, 6.45) is 0. The molecule has 0 aliphatic carbocycles. The zero-order valence-electron chi connectivity index (χ0n) is 17.5. The quantitative estimate of drug-likeness (QED) is 0.259. The van der Waals surface area contributed by atoms with E-state index in [0.29, 0.717) is 41.4 Å². The highest BCUT2D eigenvalue weighted by atomic mass is 127. The van der Waals surface area contributed by atoms with E-state index in [0.717, 1.165) is 5.69 Å². The summed E-state index contributed by atoms with van der Waals surface area (Å²) >= 11 is 1.20. The molecule has 2 aromatic rings. The molecule has 2 N–H and O–H groups in total. The topological polar surface area (TPSA) is 92.3 Å². The van der Waals surface area contributed by atoms with Crippen LogP contribution in [0, 0.1) is 0 Å². The van der Waals surface area contributed by atoms with Gasteiger partial charge in [-0.25, -0.2) is 8.42 Å². The Hall–Kier alpha value is -1.57. The normalized spacial score (nSPS) is 11.7. The maximum atomic E-state index is 12.5. The summed E-state index contributed by atoms with van der Waals surface area (Å²) in [4.78, 5) is 4.48. The van der Waals surface area contributed by atoms with Crippen molar-refractivity contribution in [2.75, 3.05) is 45.7 Å². The summed E-state index contributed by atoms with van der Waals surface area (Å²) in [5.41, 5.74) is 0.786. The van der Waals surface area contributed by atoms with Crippen LogP contribution in [0.4, 0.5) is 5.69 Å². The van der Waals surface area contributed by atoms with E-state index in [2.05, 4.69) is 15.6 Å². The van der Waals surface area contributed by atoms with Gasteiger partial charge in [-0.1, -0.05) is 6.07 Å². The van der Waals surface area contributed by atoms with Crippen LogP contribution in [0.1, 0.15) is 13.8 Å². The third kappa shape index (κ3) is 7.29. The Bertz CT molecular complexity index is 905. The molecule has 1 heterocycles. The van der Waals surface area contributed by atoms with Crippen molar-refractivity contribution in [2.24, 2.45) is 4.99 Å². The summed E-state index contributed by atoms with van der Waals surface area (Å²) < 4.78 is 37.5. The van der Waals surface area contributed by atoms with Crippen molar-refractivity contribution in [2.45, 2.75) is 18.1 Å². The van der Waals surface area contributed by atoms with Crippen molar-refractivity contribution in [1.82, 2.24) is 9.62 Å². The Labute approximate surface area is 199 Å². The monoisotopic (exact) mass is 568 g/mol. The molecule has 1 aromatic carbocycles. The number of thiophene rings is 1. The number of halogens is 1. The lowest BCUT2D eigenvalue weighted by molar-refractivity contribution is 0.311. The van der Waals surface area contributed by atoms with Crippen molar-refractivity contribution < 1.29 is 17.9 Å². The third-order valence-corrected chi connectivity index (χ3v) is 7.14. The van der Waals surface area contributed by atoms with Crippen LogP contribution >= 0.6 is 35.3 Å². The molecular weight excluding hydrogens is 539 g/mol. The smallest absolute Gasteiger partial charge is 0.252 e. The first kappa shape index (κ1) is 26.5. The number of guanidine groups is 1. The van der Waals surface area contributed by atoms with Crippen molar-refractivity contribution in [3.05, 3.63) is 35.7 Å². The highest BCUT2D eigenvalue weighted by Crippen LogP contribution is 2.30. The predicted octanol–water partition coefficient (Wildman–Crippen LogP) is 3.47.